The molecule has 1 aliphatic heterocycles. The van der Waals surface area contributed by atoms with Gasteiger partial charge in [0.2, 0.25) is 17.7 Å². The number of rotatable bonds is 4. The van der Waals surface area contributed by atoms with Gasteiger partial charge in [0.1, 0.15) is 0 Å². The van der Waals surface area contributed by atoms with Gasteiger partial charge < -0.3 is 5.32 Å². The highest BCUT2D eigenvalue weighted by Gasteiger charge is 2.47. The summed E-state index contributed by atoms with van der Waals surface area (Å²) >= 11 is 0. The van der Waals surface area contributed by atoms with Gasteiger partial charge in [-0.3, -0.25) is 19.3 Å². The first kappa shape index (κ1) is 15.7. The minimum atomic E-state index is -0.172. The van der Waals surface area contributed by atoms with Crippen molar-refractivity contribution in [3.8, 4) is 0 Å². The summed E-state index contributed by atoms with van der Waals surface area (Å²) in [5, 5.41) is 2.84. The topological polar surface area (TPSA) is 66.5 Å². The second-order valence-corrected chi connectivity index (χ2v) is 6.44. The predicted octanol–water partition coefficient (Wildman–Crippen LogP) is 2.50. The van der Waals surface area contributed by atoms with E-state index in [9.17, 15) is 14.4 Å². The Morgan fingerprint density at radius 3 is 2.35 bits per heavy atom. The largest absolute Gasteiger partial charge is 0.326 e. The maximum Gasteiger partial charge on any atom is 0.233 e. The number of imide groups is 1. The van der Waals surface area contributed by atoms with Crippen LogP contribution in [0.1, 0.15) is 37.7 Å². The summed E-state index contributed by atoms with van der Waals surface area (Å²) in [5.41, 5.74) is 1.76. The highest BCUT2D eigenvalue weighted by Crippen LogP contribution is 2.37. The molecule has 3 amide bonds. The molecule has 0 aromatic heterocycles. The van der Waals surface area contributed by atoms with Crippen molar-refractivity contribution in [3.05, 3.63) is 29.8 Å². The lowest BCUT2D eigenvalue weighted by Crippen LogP contribution is -2.34. The Morgan fingerprint density at radius 2 is 1.74 bits per heavy atom. The molecule has 5 heteroatoms. The van der Waals surface area contributed by atoms with Crippen LogP contribution in [0.5, 0.6) is 0 Å². The molecule has 3 rings (SSSR count). The van der Waals surface area contributed by atoms with Crippen LogP contribution in [0.3, 0.4) is 0 Å². The average molecular weight is 314 g/mol. The number of nitrogens with zero attached hydrogens (tertiary/aromatic N) is 1. The number of carbonyl (C=O) groups is 3. The molecule has 1 aromatic carbocycles. The van der Waals surface area contributed by atoms with Crippen LogP contribution in [-0.2, 0) is 14.4 Å². The smallest absolute Gasteiger partial charge is 0.233 e. The van der Waals surface area contributed by atoms with Crippen LogP contribution in [0.25, 0.3) is 0 Å². The van der Waals surface area contributed by atoms with Crippen molar-refractivity contribution in [3.63, 3.8) is 0 Å². The fourth-order valence-electron chi connectivity index (χ4n) is 3.59. The van der Waals surface area contributed by atoms with E-state index in [4.69, 9.17) is 0 Å². The predicted molar refractivity (Wildman–Crippen MR) is 86.6 cm³/mol. The van der Waals surface area contributed by atoms with Crippen molar-refractivity contribution in [1.82, 2.24) is 4.90 Å². The van der Waals surface area contributed by atoms with Crippen molar-refractivity contribution in [1.29, 1.82) is 0 Å². The lowest BCUT2D eigenvalue weighted by Gasteiger charge is -2.19. The molecule has 5 nitrogen and oxygen atoms in total. The fraction of sp³-hybridized carbons (Fsp3) is 0.500. The van der Waals surface area contributed by atoms with Crippen LogP contribution in [0, 0.1) is 18.8 Å². The number of nitrogens with one attached hydrogen (secondary N) is 1. The summed E-state index contributed by atoms with van der Waals surface area (Å²) in [6, 6.07) is 7.54. The van der Waals surface area contributed by atoms with E-state index in [1.54, 1.807) is 0 Å². The summed E-state index contributed by atoms with van der Waals surface area (Å²) in [6.45, 7) is 2.11. The Hall–Kier alpha value is -2.17. The molecule has 2 fully saturated rings. The molecule has 1 aliphatic carbocycles. The van der Waals surface area contributed by atoms with Crippen LogP contribution in [-0.4, -0.2) is 29.2 Å². The van der Waals surface area contributed by atoms with Gasteiger partial charge in [0.05, 0.1) is 11.8 Å². The number of likely N-dealkylation sites (tertiary alicyclic amines) is 1. The van der Waals surface area contributed by atoms with Crippen LogP contribution in [0.15, 0.2) is 24.3 Å². The fourth-order valence-corrected chi connectivity index (χ4v) is 3.59. The van der Waals surface area contributed by atoms with Gasteiger partial charge in [-0.2, -0.15) is 0 Å². The number of hydrogen-bond acceptors (Lipinski definition) is 3. The Balaban J connectivity index is 1.58. The number of fused-ring (bicyclic) bond motifs is 1. The maximum atomic E-state index is 12.3. The Morgan fingerprint density at radius 1 is 1.13 bits per heavy atom. The number of aryl methyl sites for hydroxylation is 1. The highest BCUT2D eigenvalue weighted by molar-refractivity contribution is 6.05. The number of benzene rings is 1. The van der Waals surface area contributed by atoms with Crippen LogP contribution in [0.2, 0.25) is 0 Å². The molecule has 122 valence electrons. The second kappa shape index (κ2) is 6.52. The summed E-state index contributed by atoms with van der Waals surface area (Å²) < 4.78 is 0. The number of para-hydroxylation sites is 1. The molecule has 1 aromatic rings. The van der Waals surface area contributed by atoms with Crippen LogP contribution in [0.4, 0.5) is 5.69 Å². The molecule has 2 aliphatic rings. The SMILES string of the molecule is Cc1ccccc1NC(=O)CCN1C(=O)[C@H]2CCCC[C@@H]2C1=O. The van der Waals surface area contributed by atoms with Gasteiger partial charge >= 0.3 is 0 Å². The van der Waals surface area contributed by atoms with Crippen molar-refractivity contribution in [2.24, 2.45) is 11.8 Å². The molecule has 0 bridgehead atoms. The molecule has 0 spiro atoms. The summed E-state index contributed by atoms with van der Waals surface area (Å²) in [6.07, 6.45) is 3.79. The molecule has 0 unspecified atom stereocenters. The normalized spacial score (nSPS) is 23.8. The van der Waals surface area contributed by atoms with Crippen molar-refractivity contribution in [2.75, 3.05) is 11.9 Å². The first-order chi connectivity index (χ1) is 11.1. The molecular weight excluding hydrogens is 292 g/mol. The van der Waals surface area contributed by atoms with Crippen molar-refractivity contribution >= 4 is 23.4 Å². The van der Waals surface area contributed by atoms with Gasteiger partial charge in [0, 0.05) is 18.7 Å². The van der Waals surface area contributed by atoms with Gasteiger partial charge in [0.25, 0.3) is 0 Å². The van der Waals surface area contributed by atoms with Crippen molar-refractivity contribution in [2.45, 2.75) is 39.0 Å². The summed E-state index contributed by atoms with van der Waals surface area (Å²) in [4.78, 5) is 38.1. The van der Waals surface area contributed by atoms with E-state index >= 15 is 0 Å². The van der Waals surface area contributed by atoms with E-state index in [0.717, 1.165) is 36.9 Å². The van der Waals surface area contributed by atoms with E-state index in [2.05, 4.69) is 5.32 Å². The number of hydrogen-bond donors (Lipinski definition) is 1. The van der Waals surface area contributed by atoms with Gasteiger partial charge in [-0.15, -0.1) is 0 Å². The second-order valence-electron chi connectivity index (χ2n) is 6.44. The van der Waals surface area contributed by atoms with Crippen LogP contribution < -0.4 is 5.32 Å². The molecule has 1 saturated carbocycles. The molecular formula is C18H22N2O3. The van der Waals surface area contributed by atoms with Crippen LogP contribution >= 0.6 is 0 Å². The van der Waals surface area contributed by atoms with E-state index in [1.165, 1.54) is 4.90 Å². The Bertz CT molecular complexity index is 617. The van der Waals surface area contributed by atoms with E-state index in [1.807, 2.05) is 31.2 Å². The first-order valence-corrected chi connectivity index (χ1v) is 8.28. The zero-order valence-electron chi connectivity index (χ0n) is 13.4. The zero-order chi connectivity index (χ0) is 16.4. The van der Waals surface area contributed by atoms with E-state index in [0.29, 0.717) is 0 Å². The van der Waals surface area contributed by atoms with Gasteiger partial charge in [0.15, 0.2) is 0 Å². The molecule has 2 atom stereocenters. The average Bonchev–Trinajstić information content (AvgIpc) is 2.80. The van der Waals surface area contributed by atoms with E-state index in [-0.39, 0.29) is 42.5 Å². The molecule has 1 N–H and O–H groups in total. The summed E-state index contributed by atoms with van der Waals surface area (Å²) in [7, 11) is 0. The third-order valence-corrected chi connectivity index (χ3v) is 4.91. The Kier molecular flexibility index (Phi) is 4.46. The molecule has 1 heterocycles. The molecule has 0 radical (unpaired) electrons. The zero-order valence-corrected chi connectivity index (χ0v) is 13.4. The van der Waals surface area contributed by atoms with Gasteiger partial charge in [-0.1, -0.05) is 31.0 Å². The molecule has 1 saturated heterocycles. The Labute approximate surface area is 136 Å². The standard InChI is InChI=1S/C18H22N2O3/c1-12-6-2-5-9-15(12)19-16(21)10-11-20-17(22)13-7-3-4-8-14(13)18(20)23/h2,5-6,9,13-14H,3-4,7-8,10-11H2,1H3,(H,19,21)/t13-,14-/m0/s1. The minimum Gasteiger partial charge on any atom is -0.326 e. The lowest BCUT2D eigenvalue weighted by molar-refractivity contribution is -0.140. The molecule has 23 heavy (non-hydrogen) atoms. The first-order valence-electron chi connectivity index (χ1n) is 8.28. The monoisotopic (exact) mass is 314 g/mol. The highest BCUT2D eigenvalue weighted by atomic mass is 16.2. The third-order valence-electron chi connectivity index (χ3n) is 4.91. The summed E-state index contributed by atoms with van der Waals surface area (Å²) in [5.74, 6) is -0.618. The number of amides is 3. The number of carbonyl (C=O) groups excluding carboxylic acids is 3. The third kappa shape index (κ3) is 3.14. The number of anilines is 1. The van der Waals surface area contributed by atoms with Crippen molar-refractivity contribution < 1.29 is 14.4 Å². The lowest BCUT2D eigenvalue weighted by atomic mass is 9.81. The minimum absolute atomic E-state index is 0.0802. The quantitative estimate of drug-likeness (QED) is 0.868. The van der Waals surface area contributed by atoms with Gasteiger partial charge in [-0.05, 0) is 31.4 Å². The van der Waals surface area contributed by atoms with Gasteiger partial charge in [-0.25, -0.2) is 0 Å². The van der Waals surface area contributed by atoms with E-state index < -0.39 is 0 Å². The maximum absolute atomic E-state index is 12.3.